The molecule has 6 nitrogen and oxygen atoms in total. The van der Waals surface area contributed by atoms with Gasteiger partial charge in [0.1, 0.15) is 5.82 Å². The number of halogens is 1. The first kappa shape index (κ1) is 23.8. The Kier molecular flexibility index (Phi) is 6.86. The van der Waals surface area contributed by atoms with Crippen LogP contribution in [0.4, 0.5) is 14.9 Å². The summed E-state index contributed by atoms with van der Waals surface area (Å²) in [6.45, 7) is 2.77. The van der Waals surface area contributed by atoms with Crippen molar-refractivity contribution in [3.05, 3.63) is 106 Å². The summed E-state index contributed by atoms with van der Waals surface area (Å²) in [5.41, 5.74) is 2.90. The lowest BCUT2D eigenvalue weighted by Crippen LogP contribution is -2.48. The molecule has 0 radical (unpaired) electrons. The second-order valence-corrected chi connectivity index (χ2v) is 9.63. The fourth-order valence-corrected chi connectivity index (χ4v) is 5.19. The van der Waals surface area contributed by atoms with Gasteiger partial charge >= 0.3 is 0 Å². The fraction of sp³-hybridized carbons (Fsp3) is 0.179. The first-order valence-corrected chi connectivity index (χ1v) is 12.5. The second-order valence-electron chi connectivity index (χ2n) is 8.64. The number of anilines is 1. The highest BCUT2D eigenvalue weighted by Gasteiger charge is 2.35. The fourth-order valence-electron chi connectivity index (χ4n) is 4.36. The Morgan fingerprint density at radius 2 is 1.64 bits per heavy atom. The molecule has 0 saturated carbocycles. The molecular weight excluding hydrogens is 477 g/mol. The van der Waals surface area contributed by atoms with E-state index in [0.29, 0.717) is 29.8 Å². The van der Waals surface area contributed by atoms with Crippen LogP contribution in [0, 0.1) is 5.82 Å². The van der Waals surface area contributed by atoms with Crippen LogP contribution in [-0.4, -0.2) is 53.0 Å². The second kappa shape index (κ2) is 10.4. The molecule has 3 aromatic carbocycles. The molecule has 0 bridgehead atoms. The highest BCUT2D eigenvalue weighted by atomic mass is 32.2. The van der Waals surface area contributed by atoms with Crippen LogP contribution in [0.5, 0.6) is 0 Å². The number of amides is 3. The van der Waals surface area contributed by atoms with E-state index >= 15 is 0 Å². The minimum Gasteiger partial charge on any atom is -0.368 e. The lowest BCUT2D eigenvalue weighted by atomic mass is 10.1. The molecule has 0 spiro atoms. The van der Waals surface area contributed by atoms with E-state index in [4.69, 9.17) is 0 Å². The van der Waals surface area contributed by atoms with Crippen molar-refractivity contribution in [2.45, 2.75) is 6.54 Å². The van der Waals surface area contributed by atoms with Crippen LogP contribution in [0.2, 0.25) is 0 Å². The lowest BCUT2D eigenvalue weighted by Gasteiger charge is -2.36. The number of hydrogen-bond donors (Lipinski definition) is 0. The molecule has 0 N–H and O–H groups in total. The van der Waals surface area contributed by atoms with Gasteiger partial charge in [0, 0.05) is 37.4 Å². The zero-order valence-corrected chi connectivity index (χ0v) is 20.3. The van der Waals surface area contributed by atoms with E-state index in [1.165, 1.54) is 12.1 Å². The largest absolute Gasteiger partial charge is 0.368 e. The number of piperazine rings is 1. The molecule has 3 aromatic rings. The molecule has 2 heterocycles. The molecule has 8 heteroatoms. The van der Waals surface area contributed by atoms with Crippen molar-refractivity contribution >= 4 is 40.6 Å². The van der Waals surface area contributed by atoms with Crippen molar-refractivity contribution in [1.29, 1.82) is 0 Å². The van der Waals surface area contributed by atoms with Crippen LogP contribution in [0.3, 0.4) is 0 Å². The summed E-state index contributed by atoms with van der Waals surface area (Å²) in [4.78, 5) is 44.0. The number of para-hydroxylation sites is 1. The lowest BCUT2D eigenvalue weighted by molar-refractivity contribution is -0.123. The Balaban J connectivity index is 1.26. The van der Waals surface area contributed by atoms with Crippen LogP contribution in [-0.2, 0) is 11.3 Å². The summed E-state index contributed by atoms with van der Waals surface area (Å²) in [6.07, 6.45) is 1.63. The molecule has 2 fully saturated rings. The van der Waals surface area contributed by atoms with Crippen LogP contribution in [0.15, 0.2) is 83.8 Å². The predicted molar refractivity (Wildman–Crippen MR) is 139 cm³/mol. The number of benzene rings is 3. The number of rotatable bonds is 5. The van der Waals surface area contributed by atoms with Gasteiger partial charge in [-0.05, 0) is 65.4 Å². The molecule has 182 valence electrons. The van der Waals surface area contributed by atoms with Crippen LogP contribution >= 0.6 is 11.8 Å². The molecular formula is C28H24FN3O3S. The van der Waals surface area contributed by atoms with Gasteiger partial charge in [0.05, 0.1) is 11.4 Å². The van der Waals surface area contributed by atoms with Crippen LogP contribution in [0.25, 0.3) is 6.08 Å². The van der Waals surface area contributed by atoms with Crippen molar-refractivity contribution in [3.8, 4) is 0 Å². The van der Waals surface area contributed by atoms with Crippen LogP contribution in [0.1, 0.15) is 21.5 Å². The van der Waals surface area contributed by atoms with E-state index < -0.39 is 17.0 Å². The number of nitrogens with zero attached hydrogens (tertiary/aromatic N) is 3. The average Bonchev–Trinajstić information content (AvgIpc) is 3.16. The third-order valence-corrected chi connectivity index (χ3v) is 7.13. The SMILES string of the molecule is O=C(c1cccc(C=C2SC(=O)N(Cc3cccc(F)c3)C2=O)c1)N1CCN(c2ccccc2)CC1. The summed E-state index contributed by atoms with van der Waals surface area (Å²) >= 11 is 0.844. The van der Waals surface area contributed by atoms with Gasteiger partial charge in [-0.15, -0.1) is 0 Å². The highest BCUT2D eigenvalue weighted by Crippen LogP contribution is 2.33. The van der Waals surface area contributed by atoms with Crippen molar-refractivity contribution in [2.75, 3.05) is 31.1 Å². The third-order valence-electron chi connectivity index (χ3n) is 6.22. The number of imide groups is 1. The molecule has 5 rings (SSSR count). The number of carbonyl (C=O) groups is 3. The Morgan fingerprint density at radius 1 is 0.889 bits per heavy atom. The highest BCUT2D eigenvalue weighted by molar-refractivity contribution is 8.18. The van der Waals surface area contributed by atoms with Gasteiger partial charge in [-0.25, -0.2) is 4.39 Å². The number of thioether (sulfide) groups is 1. The summed E-state index contributed by atoms with van der Waals surface area (Å²) in [5.74, 6) is -0.904. The Labute approximate surface area is 213 Å². The molecule has 2 aliphatic rings. The predicted octanol–water partition coefficient (Wildman–Crippen LogP) is 5.02. The topological polar surface area (TPSA) is 60.9 Å². The van der Waals surface area contributed by atoms with Crippen LogP contribution < -0.4 is 4.90 Å². The first-order chi connectivity index (χ1) is 17.5. The summed E-state index contributed by atoms with van der Waals surface area (Å²) in [5, 5.41) is -0.404. The van der Waals surface area contributed by atoms with E-state index in [2.05, 4.69) is 17.0 Å². The molecule has 3 amide bonds. The van der Waals surface area contributed by atoms with Crippen molar-refractivity contribution in [3.63, 3.8) is 0 Å². The van der Waals surface area contributed by atoms with Crippen molar-refractivity contribution in [1.82, 2.24) is 9.80 Å². The molecule has 0 unspecified atom stereocenters. The normalized spacial score (nSPS) is 17.2. The Morgan fingerprint density at radius 3 is 2.39 bits per heavy atom. The van der Waals surface area contributed by atoms with Gasteiger partial charge in [0.15, 0.2) is 0 Å². The Hall–Kier alpha value is -3.91. The van der Waals surface area contributed by atoms with Gasteiger partial charge in [0.2, 0.25) is 0 Å². The minimum absolute atomic E-state index is 0.00719. The van der Waals surface area contributed by atoms with E-state index in [9.17, 15) is 18.8 Å². The molecule has 36 heavy (non-hydrogen) atoms. The van der Waals surface area contributed by atoms with Gasteiger partial charge in [-0.3, -0.25) is 19.3 Å². The van der Waals surface area contributed by atoms with E-state index in [0.717, 1.165) is 35.4 Å². The molecule has 0 atom stereocenters. The maximum atomic E-state index is 13.5. The maximum Gasteiger partial charge on any atom is 0.293 e. The summed E-state index contributed by atoms with van der Waals surface area (Å²) in [6, 6.07) is 23.1. The van der Waals surface area contributed by atoms with E-state index in [1.807, 2.05) is 23.1 Å². The summed E-state index contributed by atoms with van der Waals surface area (Å²) in [7, 11) is 0. The van der Waals surface area contributed by atoms with Gasteiger partial charge in [-0.1, -0.05) is 42.5 Å². The van der Waals surface area contributed by atoms with Gasteiger partial charge in [-0.2, -0.15) is 0 Å². The van der Waals surface area contributed by atoms with Gasteiger partial charge < -0.3 is 9.80 Å². The first-order valence-electron chi connectivity index (χ1n) is 11.7. The van der Waals surface area contributed by atoms with E-state index in [1.54, 1.807) is 42.5 Å². The smallest absolute Gasteiger partial charge is 0.293 e. The summed E-state index contributed by atoms with van der Waals surface area (Å²) < 4.78 is 13.5. The van der Waals surface area contributed by atoms with Crippen molar-refractivity contribution in [2.24, 2.45) is 0 Å². The van der Waals surface area contributed by atoms with Gasteiger partial charge in [0.25, 0.3) is 17.1 Å². The minimum atomic E-state index is -0.428. The standard InChI is InChI=1S/C28H24FN3O3S/c29-23-9-5-7-21(17-23)19-32-27(34)25(36-28(32)35)18-20-6-4-8-22(16-20)26(33)31-14-12-30(13-15-31)24-10-2-1-3-11-24/h1-11,16-18H,12-15,19H2. The van der Waals surface area contributed by atoms with Crippen molar-refractivity contribution < 1.29 is 18.8 Å². The molecule has 0 aliphatic carbocycles. The van der Waals surface area contributed by atoms with E-state index in [-0.39, 0.29) is 17.4 Å². The zero-order chi connectivity index (χ0) is 25.1. The molecule has 2 aliphatic heterocycles. The quantitative estimate of drug-likeness (QED) is 0.459. The monoisotopic (exact) mass is 501 g/mol. The zero-order valence-electron chi connectivity index (χ0n) is 19.5. The number of carbonyl (C=O) groups excluding carboxylic acids is 3. The third kappa shape index (κ3) is 5.18. The molecule has 2 saturated heterocycles. The number of hydrogen-bond acceptors (Lipinski definition) is 5. The average molecular weight is 502 g/mol. The maximum absolute atomic E-state index is 13.5. The Bertz CT molecular complexity index is 1340. The molecule has 0 aromatic heterocycles.